The molecule has 38 heavy (non-hydrogen) atoms. The fourth-order valence-electron chi connectivity index (χ4n) is 6.54. The third-order valence-corrected chi connectivity index (χ3v) is 9.36. The van der Waals surface area contributed by atoms with E-state index in [2.05, 4.69) is 121 Å². The number of halogens is 2. The number of rotatable bonds is 11. The Morgan fingerprint density at radius 2 is 1.00 bits per heavy atom. The molecule has 0 aliphatic heterocycles. The molecule has 194 valence electrons. The van der Waals surface area contributed by atoms with Gasteiger partial charge < -0.3 is 4.57 Å². The van der Waals surface area contributed by atoms with E-state index < -0.39 is 0 Å². The molecule has 0 spiro atoms. The maximum Gasteiger partial charge on any atom is 0.0491 e. The summed E-state index contributed by atoms with van der Waals surface area (Å²) in [6.07, 6.45) is 11.9. The van der Waals surface area contributed by atoms with Gasteiger partial charge in [-0.1, -0.05) is 125 Å². The van der Waals surface area contributed by atoms with E-state index in [1.54, 1.807) is 0 Å². The maximum atomic E-state index is 3.70. The van der Waals surface area contributed by atoms with Crippen LogP contribution in [0, 0.1) is 0 Å². The molecule has 4 aromatic carbocycles. The van der Waals surface area contributed by atoms with Gasteiger partial charge in [-0.3, -0.25) is 0 Å². The van der Waals surface area contributed by atoms with Gasteiger partial charge >= 0.3 is 0 Å². The molecule has 1 aliphatic carbocycles. The molecule has 1 nitrogen and oxygen atoms in total. The number of nitrogens with zero attached hydrogens (tertiary/aromatic N) is 1. The summed E-state index contributed by atoms with van der Waals surface area (Å²) in [6.45, 7) is 1.12. The molecule has 1 heterocycles. The lowest BCUT2D eigenvalue weighted by Crippen LogP contribution is -1.98. The van der Waals surface area contributed by atoms with Gasteiger partial charge in [-0.25, -0.2) is 0 Å². The first-order chi connectivity index (χ1) is 18.7. The van der Waals surface area contributed by atoms with Crippen LogP contribution in [0.5, 0.6) is 0 Å². The van der Waals surface area contributed by atoms with Gasteiger partial charge in [0.15, 0.2) is 0 Å². The molecule has 0 N–H and O–H groups in total. The number of para-hydroxylation sites is 2. The van der Waals surface area contributed by atoms with Gasteiger partial charge in [0.05, 0.1) is 0 Å². The number of hydrogen-bond acceptors (Lipinski definition) is 0. The lowest BCUT2D eigenvalue weighted by atomic mass is 9.91. The van der Waals surface area contributed by atoms with E-state index in [1.807, 2.05) is 0 Å². The van der Waals surface area contributed by atoms with Gasteiger partial charge in [0, 0.05) is 43.2 Å². The molecule has 1 aromatic heterocycles. The van der Waals surface area contributed by atoms with Crippen molar-refractivity contribution in [3.8, 4) is 11.1 Å². The number of fused-ring (bicyclic) bond motifs is 6. The van der Waals surface area contributed by atoms with Crippen LogP contribution in [-0.2, 0) is 6.54 Å². The fourth-order valence-corrected chi connectivity index (χ4v) is 7.29. The van der Waals surface area contributed by atoms with E-state index in [0.717, 1.165) is 6.54 Å². The van der Waals surface area contributed by atoms with Crippen LogP contribution in [0.3, 0.4) is 0 Å². The normalized spacial score (nSPS) is 12.9. The molecular formula is C35H35Br2N. The molecular weight excluding hydrogens is 594 g/mol. The second-order valence-electron chi connectivity index (χ2n) is 10.8. The molecule has 5 aromatic rings. The van der Waals surface area contributed by atoms with E-state index in [9.17, 15) is 0 Å². The third-order valence-electron chi connectivity index (χ3n) is 8.37. The van der Waals surface area contributed by atoms with Gasteiger partial charge in [-0.05, 0) is 71.5 Å². The number of aryl methyl sites for hydroxylation is 1. The Kier molecular flexibility index (Phi) is 8.04. The monoisotopic (exact) mass is 627 g/mol. The summed E-state index contributed by atoms with van der Waals surface area (Å²) in [4.78, 5) is 0. The van der Waals surface area contributed by atoms with Crippen molar-refractivity contribution in [1.29, 1.82) is 0 Å². The summed E-state index contributed by atoms with van der Waals surface area (Å²) in [5, 5.41) is 2.76. The van der Waals surface area contributed by atoms with Crippen molar-refractivity contribution < 1.29 is 0 Å². The molecule has 0 fully saturated rings. The Morgan fingerprint density at radius 3 is 1.55 bits per heavy atom. The standard InChI is InChI=1S/C35H35Br2N/c36-25-18-20-28-29-21-19-26(37)24-33(29)27(32(28)23-25)13-7-5-3-1-2-4-6-12-22-38-34-16-10-8-14-30(34)31-15-9-11-17-35(31)38/h8-11,14-21,23-24,27H,1-7,12-13,22H2. The van der Waals surface area contributed by atoms with Crippen LogP contribution >= 0.6 is 31.9 Å². The lowest BCUT2D eigenvalue weighted by Gasteiger charge is -2.14. The zero-order valence-corrected chi connectivity index (χ0v) is 25.1. The van der Waals surface area contributed by atoms with Crippen molar-refractivity contribution >= 4 is 53.7 Å². The number of unbranched alkanes of at least 4 members (excludes halogenated alkanes) is 7. The molecule has 6 rings (SSSR count). The minimum absolute atomic E-state index is 0.524. The highest BCUT2D eigenvalue weighted by Gasteiger charge is 2.28. The van der Waals surface area contributed by atoms with Crippen molar-refractivity contribution in [3.63, 3.8) is 0 Å². The van der Waals surface area contributed by atoms with Gasteiger partial charge in [0.1, 0.15) is 0 Å². The molecule has 0 radical (unpaired) electrons. The van der Waals surface area contributed by atoms with Crippen molar-refractivity contribution in [2.24, 2.45) is 0 Å². The summed E-state index contributed by atoms with van der Waals surface area (Å²) >= 11 is 7.40. The van der Waals surface area contributed by atoms with Crippen LogP contribution < -0.4 is 0 Å². The zero-order valence-electron chi connectivity index (χ0n) is 21.9. The SMILES string of the molecule is Brc1ccc2c(c1)C(CCCCCCCCCCn1c3ccccc3c3ccccc31)c1cc(Br)ccc1-2. The van der Waals surface area contributed by atoms with E-state index in [0.29, 0.717) is 5.92 Å². The quantitative estimate of drug-likeness (QED) is 0.128. The van der Waals surface area contributed by atoms with Crippen LogP contribution in [-0.4, -0.2) is 4.57 Å². The van der Waals surface area contributed by atoms with Crippen LogP contribution in [0.15, 0.2) is 93.9 Å². The summed E-state index contributed by atoms with van der Waals surface area (Å²) in [5.74, 6) is 0.524. The number of benzene rings is 4. The average molecular weight is 629 g/mol. The third kappa shape index (κ3) is 5.25. The van der Waals surface area contributed by atoms with Crippen molar-refractivity contribution in [3.05, 3.63) is 105 Å². The highest BCUT2D eigenvalue weighted by molar-refractivity contribution is 9.10. The first-order valence-corrected chi connectivity index (χ1v) is 15.8. The smallest absolute Gasteiger partial charge is 0.0491 e. The summed E-state index contributed by atoms with van der Waals surface area (Å²) < 4.78 is 4.90. The van der Waals surface area contributed by atoms with Crippen molar-refractivity contribution in [1.82, 2.24) is 4.57 Å². The number of aromatic nitrogens is 1. The number of hydrogen-bond donors (Lipinski definition) is 0. The predicted molar refractivity (Wildman–Crippen MR) is 170 cm³/mol. The molecule has 0 unspecified atom stereocenters. The molecule has 0 saturated carbocycles. The Balaban J connectivity index is 0.938. The second-order valence-corrected chi connectivity index (χ2v) is 12.7. The minimum atomic E-state index is 0.524. The first kappa shape index (κ1) is 25.9. The lowest BCUT2D eigenvalue weighted by molar-refractivity contribution is 0.536. The summed E-state index contributed by atoms with van der Waals surface area (Å²) in [7, 11) is 0. The largest absolute Gasteiger partial charge is 0.340 e. The fraction of sp³-hybridized carbons (Fsp3) is 0.314. The van der Waals surface area contributed by atoms with Gasteiger partial charge in [-0.2, -0.15) is 0 Å². The Bertz CT molecular complexity index is 1460. The summed E-state index contributed by atoms with van der Waals surface area (Å²) in [6, 6.07) is 31.3. The van der Waals surface area contributed by atoms with E-state index >= 15 is 0 Å². The van der Waals surface area contributed by atoms with Gasteiger partial charge in [0.2, 0.25) is 0 Å². The Labute approximate surface area is 243 Å². The second kappa shape index (κ2) is 11.8. The highest BCUT2D eigenvalue weighted by atomic mass is 79.9. The molecule has 1 aliphatic rings. The predicted octanol–water partition coefficient (Wildman–Crippen LogP) is 11.6. The van der Waals surface area contributed by atoms with Crippen LogP contribution in [0.2, 0.25) is 0 Å². The Hall–Kier alpha value is -2.36. The highest BCUT2D eigenvalue weighted by Crippen LogP contribution is 2.48. The summed E-state index contributed by atoms with van der Waals surface area (Å²) in [5.41, 5.74) is 8.58. The molecule has 0 bridgehead atoms. The van der Waals surface area contributed by atoms with Gasteiger partial charge in [-0.15, -0.1) is 0 Å². The molecule has 0 atom stereocenters. The Morgan fingerprint density at radius 1 is 0.526 bits per heavy atom. The first-order valence-electron chi connectivity index (χ1n) is 14.3. The van der Waals surface area contributed by atoms with Crippen molar-refractivity contribution in [2.45, 2.75) is 70.3 Å². The maximum absolute atomic E-state index is 3.70. The molecule has 0 saturated heterocycles. The topological polar surface area (TPSA) is 4.93 Å². The average Bonchev–Trinajstić information content (AvgIpc) is 3.41. The minimum Gasteiger partial charge on any atom is -0.340 e. The molecule has 0 amide bonds. The van der Waals surface area contributed by atoms with Gasteiger partial charge in [0.25, 0.3) is 0 Å². The van der Waals surface area contributed by atoms with E-state index in [1.165, 1.54) is 111 Å². The van der Waals surface area contributed by atoms with Crippen molar-refractivity contribution in [2.75, 3.05) is 0 Å². The van der Waals surface area contributed by atoms with E-state index in [-0.39, 0.29) is 0 Å². The van der Waals surface area contributed by atoms with Crippen LogP contribution in [0.4, 0.5) is 0 Å². The van der Waals surface area contributed by atoms with E-state index in [4.69, 9.17) is 0 Å². The molecule has 3 heteroatoms. The zero-order chi connectivity index (χ0) is 25.9. The van der Waals surface area contributed by atoms with Crippen LogP contribution in [0.25, 0.3) is 32.9 Å². The van der Waals surface area contributed by atoms with Crippen LogP contribution in [0.1, 0.15) is 74.8 Å².